The number of pyridine rings is 1. The maximum absolute atomic E-state index is 14.3. The summed E-state index contributed by atoms with van der Waals surface area (Å²) in [6.07, 6.45) is 3.47. The van der Waals surface area contributed by atoms with E-state index >= 15 is 0 Å². The summed E-state index contributed by atoms with van der Waals surface area (Å²) in [6.45, 7) is 3.99. The van der Waals surface area contributed by atoms with E-state index in [-0.39, 0.29) is 30.7 Å². The van der Waals surface area contributed by atoms with E-state index in [1.165, 1.54) is 4.90 Å². The van der Waals surface area contributed by atoms with Crippen LogP contribution >= 0.6 is 0 Å². The Morgan fingerprint density at radius 1 is 1.25 bits per heavy atom. The zero-order chi connectivity index (χ0) is 17.3. The third-order valence-electron chi connectivity index (χ3n) is 4.69. The molecule has 2 aliphatic heterocycles. The van der Waals surface area contributed by atoms with E-state index in [2.05, 4.69) is 9.98 Å². The topological polar surface area (TPSA) is 71.6 Å². The lowest BCUT2D eigenvalue weighted by Crippen LogP contribution is -2.40. The Morgan fingerprint density at radius 3 is 2.83 bits per heavy atom. The number of hydrogen-bond donors (Lipinski definition) is 1. The van der Waals surface area contributed by atoms with Crippen LogP contribution < -0.4 is 5.73 Å². The van der Waals surface area contributed by atoms with Gasteiger partial charge in [-0.2, -0.15) is 0 Å². The van der Waals surface area contributed by atoms with Crippen LogP contribution in [0.15, 0.2) is 34.6 Å². The standard InChI is InChI=1S/C18H23FN4O/c1-18(2)9-4-3-6-12-7-5-8-15(21-12)22-16(20)13-10-23(17(18)24)11-14(13)19/h5,7-8H,3-4,6,9-11H2,1-2H3,(H2,20,21,22). The lowest BCUT2D eigenvalue weighted by molar-refractivity contribution is -0.139. The molecule has 1 aromatic heterocycles. The molecule has 24 heavy (non-hydrogen) atoms. The van der Waals surface area contributed by atoms with Crippen LogP contribution in [0, 0.1) is 5.41 Å². The molecule has 0 unspecified atom stereocenters. The average molecular weight is 330 g/mol. The number of nitrogens with zero attached hydrogens (tertiary/aromatic N) is 3. The molecule has 128 valence electrons. The second-order valence-corrected chi connectivity index (χ2v) is 7.12. The van der Waals surface area contributed by atoms with Gasteiger partial charge in [-0.25, -0.2) is 14.4 Å². The highest BCUT2D eigenvalue weighted by Gasteiger charge is 2.36. The number of halogens is 1. The molecule has 1 amide bonds. The molecular formula is C18H23FN4O. The molecular weight excluding hydrogens is 307 g/mol. The summed E-state index contributed by atoms with van der Waals surface area (Å²) in [5, 5.41) is 0. The number of nitrogens with two attached hydrogens (primary N) is 1. The van der Waals surface area contributed by atoms with E-state index in [1.807, 2.05) is 26.0 Å². The molecule has 5 nitrogen and oxygen atoms in total. The van der Waals surface area contributed by atoms with Gasteiger partial charge in [0.15, 0.2) is 5.82 Å². The molecule has 0 saturated heterocycles. The second-order valence-electron chi connectivity index (χ2n) is 7.12. The third kappa shape index (κ3) is 3.32. The fourth-order valence-electron chi connectivity index (χ4n) is 3.23. The van der Waals surface area contributed by atoms with Crippen LogP contribution in [0.5, 0.6) is 0 Å². The van der Waals surface area contributed by atoms with Gasteiger partial charge in [-0.3, -0.25) is 4.79 Å². The van der Waals surface area contributed by atoms with Crippen molar-refractivity contribution in [3.05, 3.63) is 35.3 Å². The molecule has 6 heteroatoms. The van der Waals surface area contributed by atoms with Gasteiger partial charge in [0.05, 0.1) is 13.1 Å². The predicted molar refractivity (Wildman–Crippen MR) is 91.6 cm³/mol. The van der Waals surface area contributed by atoms with Gasteiger partial charge in [-0.1, -0.05) is 26.3 Å². The third-order valence-corrected chi connectivity index (χ3v) is 4.69. The van der Waals surface area contributed by atoms with Gasteiger partial charge in [0.1, 0.15) is 11.7 Å². The maximum atomic E-state index is 14.3. The average Bonchev–Trinajstić information content (AvgIpc) is 2.92. The molecule has 0 fully saturated rings. The van der Waals surface area contributed by atoms with E-state index in [0.717, 1.165) is 31.4 Å². The van der Waals surface area contributed by atoms with Gasteiger partial charge >= 0.3 is 0 Å². The molecule has 0 aliphatic carbocycles. The van der Waals surface area contributed by atoms with Crippen molar-refractivity contribution in [2.75, 3.05) is 13.1 Å². The molecule has 3 heterocycles. The van der Waals surface area contributed by atoms with Gasteiger partial charge in [-0.15, -0.1) is 0 Å². The Labute approximate surface area is 141 Å². The Morgan fingerprint density at radius 2 is 2.04 bits per heavy atom. The minimum Gasteiger partial charge on any atom is -0.383 e. The lowest BCUT2D eigenvalue weighted by atomic mass is 9.85. The Kier molecular flexibility index (Phi) is 4.39. The summed E-state index contributed by atoms with van der Waals surface area (Å²) in [4.78, 5) is 23.0. The van der Waals surface area contributed by atoms with Crippen molar-refractivity contribution in [1.29, 1.82) is 0 Å². The van der Waals surface area contributed by atoms with Gasteiger partial charge in [0.2, 0.25) is 5.91 Å². The number of aliphatic imine (C=N–C) groups is 1. The fraction of sp³-hybridized carbons (Fsp3) is 0.500. The van der Waals surface area contributed by atoms with Crippen molar-refractivity contribution < 1.29 is 9.18 Å². The van der Waals surface area contributed by atoms with Crippen molar-refractivity contribution in [3.63, 3.8) is 0 Å². The number of carbonyl (C=O) groups excluding carboxylic acids is 1. The number of amidine groups is 1. The van der Waals surface area contributed by atoms with Crippen LogP contribution in [0.2, 0.25) is 0 Å². The minimum atomic E-state index is -0.513. The normalized spacial score (nSPS) is 23.7. The van der Waals surface area contributed by atoms with Crippen molar-refractivity contribution in [2.24, 2.45) is 16.1 Å². The largest absolute Gasteiger partial charge is 0.383 e. The molecule has 0 saturated carbocycles. The molecule has 2 aliphatic rings. The van der Waals surface area contributed by atoms with Crippen LogP contribution in [-0.2, 0) is 11.2 Å². The summed E-state index contributed by atoms with van der Waals surface area (Å²) < 4.78 is 14.3. The molecule has 0 spiro atoms. The highest BCUT2D eigenvalue weighted by atomic mass is 19.1. The fourth-order valence-corrected chi connectivity index (χ4v) is 3.23. The molecule has 2 N–H and O–H groups in total. The lowest BCUT2D eigenvalue weighted by Gasteiger charge is -2.29. The Balaban J connectivity index is 1.97. The first-order chi connectivity index (χ1) is 11.4. The zero-order valence-corrected chi connectivity index (χ0v) is 14.2. The van der Waals surface area contributed by atoms with Gasteiger partial charge in [0.25, 0.3) is 0 Å². The van der Waals surface area contributed by atoms with E-state index in [9.17, 15) is 9.18 Å². The van der Waals surface area contributed by atoms with Crippen LogP contribution in [0.4, 0.5) is 10.2 Å². The monoisotopic (exact) mass is 330 g/mol. The molecule has 0 atom stereocenters. The quantitative estimate of drug-likeness (QED) is 0.795. The van der Waals surface area contributed by atoms with Gasteiger partial charge < -0.3 is 10.6 Å². The number of carbonyl (C=O) groups is 1. The first-order valence-corrected chi connectivity index (χ1v) is 8.34. The summed E-state index contributed by atoms with van der Waals surface area (Å²) in [5.74, 6) is 0.162. The smallest absolute Gasteiger partial charge is 0.228 e. The number of amides is 1. The summed E-state index contributed by atoms with van der Waals surface area (Å²) in [6, 6.07) is 5.59. The maximum Gasteiger partial charge on any atom is 0.228 e. The van der Waals surface area contributed by atoms with Crippen LogP contribution in [0.1, 0.15) is 38.8 Å². The van der Waals surface area contributed by atoms with Crippen molar-refractivity contribution in [2.45, 2.75) is 39.5 Å². The predicted octanol–water partition coefficient (Wildman–Crippen LogP) is 2.89. The highest BCUT2D eigenvalue weighted by Crippen LogP contribution is 2.30. The Hall–Kier alpha value is -2.24. The molecule has 0 aromatic carbocycles. The second kappa shape index (κ2) is 6.34. The first-order valence-electron chi connectivity index (χ1n) is 8.34. The number of fused-ring (bicyclic) bond motifs is 4. The molecule has 0 radical (unpaired) electrons. The first kappa shape index (κ1) is 16.6. The zero-order valence-electron chi connectivity index (χ0n) is 14.2. The van der Waals surface area contributed by atoms with Crippen LogP contribution in [0.25, 0.3) is 0 Å². The number of hydrogen-bond acceptors (Lipinski definition) is 4. The van der Waals surface area contributed by atoms with E-state index in [1.54, 1.807) is 6.07 Å². The Bertz CT molecular complexity index is 723. The van der Waals surface area contributed by atoms with Crippen molar-refractivity contribution in [1.82, 2.24) is 9.88 Å². The summed E-state index contributed by atoms with van der Waals surface area (Å²) in [5.41, 5.74) is 6.70. The SMILES string of the molecule is CC1(C)CCCCc2cccc(n2)/N=C(/N)C2=C(F)CN(C2)C1=O. The van der Waals surface area contributed by atoms with Gasteiger partial charge in [-0.05, 0) is 31.4 Å². The number of rotatable bonds is 0. The van der Waals surface area contributed by atoms with Crippen molar-refractivity contribution in [3.8, 4) is 0 Å². The van der Waals surface area contributed by atoms with Crippen LogP contribution in [0.3, 0.4) is 0 Å². The minimum absolute atomic E-state index is 0.0265. The summed E-state index contributed by atoms with van der Waals surface area (Å²) in [7, 11) is 0. The van der Waals surface area contributed by atoms with E-state index in [0.29, 0.717) is 11.4 Å². The molecule has 4 bridgehead atoms. The van der Waals surface area contributed by atoms with Crippen LogP contribution in [-0.4, -0.2) is 34.7 Å². The van der Waals surface area contributed by atoms with Crippen molar-refractivity contribution >= 4 is 17.6 Å². The highest BCUT2D eigenvalue weighted by molar-refractivity contribution is 6.00. The number of aromatic nitrogens is 1. The number of aryl methyl sites for hydroxylation is 1. The molecule has 3 rings (SSSR count). The van der Waals surface area contributed by atoms with E-state index in [4.69, 9.17) is 5.73 Å². The summed E-state index contributed by atoms with van der Waals surface area (Å²) >= 11 is 0. The van der Waals surface area contributed by atoms with Gasteiger partial charge in [0, 0.05) is 16.7 Å². The van der Waals surface area contributed by atoms with E-state index < -0.39 is 5.41 Å². The molecule has 1 aromatic rings.